The maximum absolute atomic E-state index is 10.4. The van der Waals surface area contributed by atoms with Gasteiger partial charge in [0.2, 0.25) is 0 Å². The summed E-state index contributed by atoms with van der Waals surface area (Å²) in [6.07, 6.45) is 1.64. The third-order valence-corrected chi connectivity index (χ3v) is 3.28. The maximum Gasteiger partial charge on any atom is 0.273 e. The lowest BCUT2D eigenvalue weighted by atomic mass is 10.3. The van der Waals surface area contributed by atoms with Crippen molar-refractivity contribution in [2.24, 2.45) is 5.10 Å². The first-order chi connectivity index (χ1) is 8.65. The minimum Gasteiger partial charge on any atom is -0.342 e. The number of nitrogens with zero attached hydrogens (tertiary/aromatic N) is 4. The van der Waals surface area contributed by atoms with Gasteiger partial charge in [0.25, 0.3) is 5.96 Å². The van der Waals surface area contributed by atoms with E-state index < -0.39 is 5.03 Å². The van der Waals surface area contributed by atoms with Crippen molar-refractivity contribution in [3.63, 3.8) is 0 Å². The van der Waals surface area contributed by atoms with Crippen molar-refractivity contribution in [2.45, 2.75) is 6.54 Å². The zero-order valence-electron chi connectivity index (χ0n) is 9.24. The number of rotatable bonds is 3. The molecule has 1 aliphatic heterocycles. The summed E-state index contributed by atoms with van der Waals surface area (Å²) in [4.78, 5) is 16.2. The van der Waals surface area contributed by atoms with Gasteiger partial charge in [-0.2, -0.15) is 0 Å². The molecule has 0 unspecified atom stereocenters. The molecule has 9 heteroatoms. The number of thioether (sulfide) groups is 1. The van der Waals surface area contributed by atoms with E-state index in [1.807, 2.05) is 6.07 Å². The molecule has 0 aliphatic carbocycles. The summed E-state index contributed by atoms with van der Waals surface area (Å²) in [7, 11) is 0. The first kappa shape index (κ1) is 12.9. The summed E-state index contributed by atoms with van der Waals surface area (Å²) < 4.78 is 0. The first-order valence-corrected chi connectivity index (χ1v) is 6.58. The second-order valence-corrected chi connectivity index (χ2v) is 4.85. The fourth-order valence-electron chi connectivity index (χ4n) is 1.46. The predicted octanol–water partition coefficient (Wildman–Crippen LogP) is 1.34. The summed E-state index contributed by atoms with van der Waals surface area (Å²) in [5.41, 5.74) is 0.916. The molecule has 1 aromatic heterocycles. The molecule has 1 N–H and O–H groups in total. The summed E-state index contributed by atoms with van der Waals surface area (Å²) in [6, 6.07) is 3.52. The molecule has 0 bridgehead atoms. The number of nitrogens with one attached hydrogen (secondary N) is 1. The third kappa shape index (κ3) is 3.47. The Morgan fingerprint density at radius 3 is 3.17 bits per heavy atom. The largest absolute Gasteiger partial charge is 0.342 e. The van der Waals surface area contributed by atoms with Crippen LogP contribution in [0.15, 0.2) is 23.4 Å². The van der Waals surface area contributed by atoms with Crippen molar-refractivity contribution in [3.05, 3.63) is 39.2 Å². The highest BCUT2D eigenvalue weighted by atomic mass is 35.5. The predicted molar refractivity (Wildman–Crippen MR) is 69.7 cm³/mol. The average molecular weight is 288 g/mol. The Morgan fingerprint density at radius 1 is 1.67 bits per heavy atom. The van der Waals surface area contributed by atoms with E-state index in [1.165, 1.54) is 0 Å². The third-order valence-electron chi connectivity index (χ3n) is 2.22. The van der Waals surface area contributed by atoms with E-state index in [2.05, 4.69) is 15.4 Å². The lowest BCUT2D eigenvalue weighted by Crippen LogP contribution is -2.45. The van der Waals surface area contributed by atoms with Gasteiger partial charge in [0.1, 0.15) is 10.3 Å². The van der Waals surface area contributed by atoms with E-state index in [9.17, 15) is 10.1 Å². The normalized spacial score (nSPS) is 17.6. The van der Waals surface area contributed by atoms with E-state index in [0.717, 1.165) is 5.56 Å². The standard InChI is InChI=1S/C9H10ClN5O2S/c10-8-2-1-7(3-11-8)4-14-6-18-5-12-9(14)13-15(16)17/h1-3H,4-6H2,(H,12,13). The van der Waals surface area contributed by atoms with Crippen LogP contribution in [0.4, 0.5) is 0 Å². The zero-order chi connectivity index (χ0) is 13.0. The van der Waals surface area contributed by atoms with E-state index in [4.69, 9.17) is 11.6 Å². The molecule has 0 atom stereocenters. The molecule has 0 amide bonds. The van der Waals surface area contributed by atoms with Crippen molar-refractivity contribution >= 4 is 29.3 Å². The van der Waals surface area contributed by atoms with Crippen LogP contribution in [0, 0.1) is 10.1 Å². The molecule has 0 aromatic carbocycles. The summed E-state index contributed by atoms with van der Waals surface area (Å²) in [6.45, 7) is 0.497. The Labute approximate surface area is 112 Å². The van der Waals surface area contributed by atoms with Crippen molar-refractivity contribution < 1.29 is 5.03 Å². The van der Waals surface area contributed by atoms with Gasteiger partial charge >= 0.3 is 0 Å². The highest BCUT2D eigenvalue weighted by Crippen LogP contribution is 2.14. The van der Waals surface area contributed by atoms with Gasteiger partial charge in [-0.3, -0.25) is 0 Å². The number of pyridine rings is 1. The van der Waals surface area contributed by atoms with Gasteiger partial charge in [-0.05, 0) is 11.6 Å². The molecule has 1 aliphatic rings. The average Bonchev–Trinajstić information content (AvgIpc) is 2.34. The Bertz CT molecular complexity index is 467. The van der Waals surface area contributed by atoms with Crippen LogP contribution in [0.3, 0.4) is 0 Å². The molecule has 18 heavy (non-hydrogen) atoms. The topological polar surface area (TPSA) is 83.7 Å². The first-order valence-electron chi connectivity index (χ1n) is 5.05. The van der Waals surface area contributed by atoms with Gasteiger partial charge in [0, 0.05) is 12.7 Å². The van der Waals surface area contributed by atoms with Gasteiger partial charge < -0.3 is 10.2 Å². The fourth-order valence-corrected chi connectivity index (χ4v) is 2.33. The molecule has 1 saturated heterocycles. The SMILES string of the molecule is O=[N+]([O-])/N=C1\NCSCN1Cc1ccc(Cl)nc1. The lowest BCUT2D eigenvalue weighted by molar-refractivity contribution is -0.486. The number of hydrogen-bond acceptors (Lipinski definition) is 4. The second kappa shape index (κ2) is 5.87. The minimum atomic E-state index is -0.703. The summed E-state index contributed by atoms with van der Waals surface area (Å²) in [5.74, 6) is 1.53. The van der Waals surface area contributed by atoms with Crippen LogP contribution >= 0.6 is 23.4 Å². The second-order valence-electron chi connectivity index (χ2n) is 3.50. The van der Waals surface area contributed by atoms with Crippen LogP contribution in [0.1, 0.15) is 5.56 Å². The van der Waals surface area contributed by atoms with Crippen LogP contribution in [-0.2, 0) is 6.54 Å². The van der Waals surface area contributed by atoms with Crippen LogP contribution in [0.5, 0.6) is 0 Å². The number of aromatic nitrogens is 1. The number of nitro groups is 1. The van der Waals surface area contributed by atoms with Gasteiger partial charge in [-0.15, -0.1) is 11.8 Å². The Balaban J connectivity index is 2.10. The Kier molecular flexibility index (Phi) is 4.21. The molecule has 2 rings (SSSR count). The van der Waals surface area contributed by atoms with E-state index >= 15 is 0 Å². The molecule has 1 aromatic rings. The molecule has 96 valence electrons. The van der Waals surface area contributed by atoms with Crippen LogP contribution < -0.4 is 5.32 Å². The quantitative estimate of drug-likeness (QED) is 0.513. The smallest absolute Gasteiger partial charge is 0.273 e. The van der Waals surface area contributed by atoms with Crippen molar-refractivity contribution in [1.29, 1.82) is 0 Å². The molecule has 0 saturated carbocycles. The molecule has 0 radical (unpaired) electrons. The lowest BCUT2D eigenvalue weighted by Gasteiger charge is -2.28. The Morgan fingerprint density at radius 2 is 2.50 bits per heavy atom. The number of hydrazone groups is 1. The number of hydrogen-bond donors (Lipinski definition) is 1. The van der Waals surface area contributed by atoms with E-state index in [0.29, 0.717) is 23.5 Å². The summed E-state index contributed by atoms with van der Waals surface area (Å²) >= 11 is 7.32. The molecule has 0 spiro atoms. The Hall–Kier alpha value is -1.54. The van der Waals surface area contributed by atoms with Gasteiger partial charge in [-0.25, -0.2) is 15.1 Å². The zero-order valence-corrected chi connectivity index (χ0v) is 10.8. The van der Waals surface area contributed by atoms with Crippen molar-refractivity contribution in [1.82, 2.24) is 15.2 Å². The van der Waals surface area contributed by atoms with Gasteiger partial charge in [0.15, 0.2) is 5.03 Å². The molecular weight excluding hydrogens is 278 g/mol. The van der Waals surface area contributed by atoms with Crippen molar-refractivity contribution in [2.75, 3.05) is 11.8 Å². The molecule has 1 fully saturated rings. The van der Waals surface area contributed by atoms with Gasteiger partial charge in [0.05, 0.1) is 11.8 Å². The summed E-state index contributed by atoms with van der Waals surface area (Å²) in [5, 5.41) is 16.4. The minimum absolute atomic E-state index is 0.272. The monoisotopic (exact) mass is 287 g/mol. The highest BCUT2D eigenvalue weighted by Gasteiger charge is 2.19. The highest BCUT2D eigenvalue weighted by molar-refractivity contribution is 7.99. The van der Waals surface area contributed by atoms with E-state index in [1.54, 1.807) is 28.9 Å². The number of guanidine groups is 1. The molecular formula is C9H10ClN5O2S. The maximum atomic E-state index is 10.4. The molecule has 2 heterocycles. The number of halogens is 1. The van der Waals surface area contributed by atoms with Crippen LogP contribution in [0.2, 0.25) is 5.15 Å². The van der Waals surface area contributed by atoms with Crippen LogP contribution in [0.25, 0.3) is 0 Å². The molecule has 7 nitrogen and oxygen atoms in total. The van der Waals surface area contributed by atoms with Crippen LogP contribution in [-0.4, -0.2) is 32.6 Å². The van der Waals surface area contributed by atoms with Crippen molar-refractivity contribution in [3.8, 4) is 0 Å². The fraction of sp³-hybridized carbons (Fsp3) is 0.333. The van der Waals surface area contributed by atoms with E-state index in [-0.39, 0.29) is 5.96 Å². The van der Waals surface area contributed by atoms with Gasteiger partial charge in [-0.1, -0.05) is 17.7 Å².